The summed E-state index contributed by atoms with van der Waals surface area (Å²) in [6, 6.07) is 16.1. The van der Waals surface area contributed by atoms with E-state index in [2.05, 4.69) is 0 Å². The number of methoxy groups -OCH3 is 1. The minimum absolute atomic E-state index is 0.0500. The molecule has 190 valence electrons. The number of carbonyl (C=O) groups is 4. The van der Waals surface area contributed by atoms with E-state index in [0.717, 1.165) is 17.0 Å². The molecular weight excluding hydrogens is 516 g/mol. The van der Waals surface area contributed by atoms with Gasteiger partial charge in [-0.1, -0.05) is 54.1 Å². The van der Waals surface area contributed by atoms with Crippen molar-refractivity contribution in [1.29, 1.82) is 0 Å². The van der Waals surface area contributed by atoms with Gasteiger partial charge in [-0.3, -0.25) is 29.3 Å². The Balaban J connectivity index is 1.55. The molecule has 0 radical (unpaired) electrons. The second-order valence-corrected chi connectivity index (χ2v) is 9.54. The van der Waals surface area contributed by atoms with Crippen LogP contribution in [0.3, 0.4) is 0 Å². The van der Waals surface area contributed by atoms with Crippen molar-refractivity contribution >= 4 is 46.4 Å². The second kappa shape index (κ2) is 8.30. The van der Waals surface area contributed by atoms with E-state index in [4.69, 9.17) is 21.1 Å². The van der Waals surface area contributed by atoms with E-state index in [1.54, 1.807) is 36.4 Å². The van der Waals surface area contributed by atoms with Crippen LogP contribution in [0.1, 0.15) is 32.4 Å². The van der Waals surface area contributed by atoms with Crippen molar-refractivity contribution in [3.63, 3.8) is 0 Å². The molecule has 0 aromatic heterocycles. The van der Waals surface area contributed by atoms with Gasteiger partial charge in [-0.05, 0) is 12.1 Å². The molecule has 6 rings (SSSR count). The lowest BCUT2D eigenvalue weighted by molar-refractivity contribution is -0.384. The van der Waals surface area contributed by atoms with Crippen molar-refractivity contribution in [2.75, 3.05) is 12.0 Å². The Hall–Kier alpha value is -4.41. The number of amides is 2. The number of ether oxygens (including phenoxy) is 2. The van der Waals surface area contributed by atoms with E-state index in [9.17, 15) is 29.3 Å². The van der Waals surface area contributed by atoms with Crippen LogP contribution in [-0.4, -0.2) is 41.0 Å². The molecule has 0 unspecified atom stereocenters. The molecule has 2 amide bonds. The summed E-state index contributed by atoms with van der Waals surface area (Å²) < 4.78 is 11.5. The maximum atomic E-state index is 14.0. The van der Waals surface area contributed by atoms with Gasteiger partial charge in [0.25, 0.3) is 5.69 Å². The lowest BCUT2D eigenvalue weighted by atomic mass is 9.77. The van der Waals surface area contributed by atoms with Crippen LogP contribution in [0.25, 0.3) is 0 Å². The lowest BCUT2D eigenvalue weighted by Gasteiger charge is -2.27. The van der Waals surface area contributed by atoms with E-state index in [1.165, 1.54) is 25.3 Å². The van der Waals surface area contributed by atoms with E-state index in [1.807, 2.05) is 0 Å². The third-order valence-corrected chi connectivity index (χ3v) is 7.69. The smallest absolute Gasteiger partial charge is 0.273 e. The van der Waals surface area contributed by atoms with Crippen molar-refractivity contribution < 1.29 is 33.6 Å². The van der Waals surface area contributed by atoms with Gasteiger partial charge >= 0.3 is 0 Å². The minimum Gasteiger partial charge on any atom is -0.494 e. The predicted molar refractivity (Wildman–Crippen MR) is 132 cm³/mol. The van der Waals surface area contributed by atoms with E-state index in [-0.39, 0.29) is 33.3 Å². The zero-order valence-corrected chi connectivity index (χ0v) is 20.4. The van der Waals surface area contributed by atoms with E-state index in [0.29, 0.717) is 5.56 Å². The maximum absolute atomic E-state index is 14.0. The molecule has 38 heavy (non-hydrogen) atoms. The third kappa shape index (κ3) is 2.98. The zero-order chi connectivity index (χ0) is 26.9. The SMILES string of the molecule is COc1cc([N+](=O)[O-])ccc1N1C(=O)[C@@H]2[C@@H](c3ccccc3Cl)OC3(C(=O)c4ccccc4C3=O)[C@@H]2C1=O. The number of Topliss-reactive ketones (excluding diaryl/α,β-unsaturated/α-hetero) is 2. The molecule has 0 saturated carbocycles. The van der Waals surface area contributed by atoms with Crippen LogP contribution in [0, 0.1) is 22.0 Å². The van der Waals surface area contributed by atoms with Gasteiger partial charge in [0.1, 0.15) is 5.75 Å². The topological polar surface area (TPSA) is 133 Å². The number of fused-ring (bicyclic) bond motifs is 3. The number of anilines is 1. The van der Waals surface area contributed by atoms with Crippen molar-refractivity contribution in [3.8, 4) is 5.75 Å². The van der Waals surface area contributed by atoms with Crippen LogP contribution in [0.5, 0.6) is 5.75 Å². The molecule has 1 aliphatic carbocycles. The average Bonchev–Trinajstić information content (AvgIpc) is 3.48. The number of nitro benzene ring substituents is 1. The molecule has 3 aromatic rings. The fraction of sp³-hybridized carbons (Fsp3) is 0.185. The molecule has 3 aromatic carbocycles. The van der Waals surface area contributed by atoms with Gasteiger partial charge in [0.2, 0.25) is 29.0 Å². The first-order valence-electron chi connectivity index (χ1n) is 11.5. The minimum atomic E-state index is -2.27. The van der Waals surface area contributed by atoms with Crippen molar-refractivity contribution in [2.24, 2.45) is 11.8 Å². The van der Waals surface area contributed by atoms with Gasteiger partial charge < -0.3 is 9.47 Å². The summed E-state index contributed by atoms with van der Waals surface area (Å²) >= 11 is 6.44. The van der Waals surface area contributed by atoms with Gasteiger partial charge in [-0.25, -0.2) is 4.90 Å². The van der Waals surface area contributed by atoms with Crippen LogP contribution >= 0.6 is 11.6 Å². The van der Waals surface area contributed by atoms with Crippen molar-refractivity contribution in [2.45, 2.75) is 11.7 Å². The highest BCUT2D eigenvalue weighted by Crippen LogP contribution is 2.58. The molecule has 1 spiro atoms. The van der Waals surface area contributed by atoms with Crippen LogP contribution in [-0.2, 0) is 14.3 Å². The number of imide groups is 1. The fourth-order valence-electron chi connectivity index (χ4n) is 5.71. The van der Waals surface area contributed by atoms with Crippen LogP contribution < -0.4 is 9.64 Å². The molecule has 2 aliphatic heterocycles. The van der Waals surface area contributed by atoms with Crippen LogP contribution in [0.2, 0.25) is 5.02 Å². The Labute approximate surface area is 219 Å². The zero-order valence-electron chi connectivity index (χ0n) is 19.6. The Morgan fingerprint density at radius 2 is 1.58 bits per heavy atom. The van der Waals surface area contributed by atoms with Gasteiger partial charge in [0, 0.05) is 27.8 Å². The first kappa shape index (κ1) is 24.0. The number of benzene rings is 3. The second-order valence-electron chi connectivity index (χ2n) is 9.13. The highest BCUT2D eigenvalue weighted by molar-refractivity contribution is 6.37. The third-order valence-electron chi connectivity index (χ3n) is 7.35. The van der Waals surface area contributed by atoms with Crippen LogP contribution in [0.15, 0.2) is 66.7 Å². The first-order chi connectivity index (χ1) is 18.2. The number of hydrogen-bond acceptors (Lipinski definition) is 8. The number of nitrogens with zero attached hydrogens (tertiary/aromatic N) is 2. The summed E-state index contributed by atoms with van der Waals surface area (Å²) in [5.41, 5.74) is -2.09. The molecule has 3 aliphatic rings. The van der Waals surface area contributed by atoms with Gasteiger partial charge in [-0.2, -0.15) is 0 Å². The summed E-state index contributed by atoms with van der Waals surface area (Å²) in [7, 11) is 1.24. The highest BCUT2D eigenvalue weighted by atomic mass is 35.5. The monoisotopic (exact) mass is 532 g/mol. The largest absolute Gasteiger partial charge is 0.494 e. The molecule has 10 nitrogen and oxygen atoms in total. The summed E-state index contributed by atoms with van der Waals surface area (Å²) in [5.74, 6) is -5.88. The maximum Gasteiger partial charge on any atom is 0.273 e. The standard InChI is InChI=1S/C27H17ClN2O8/c1-37-19-12-13(30(35)36)10-11-18(19)29-25(33)20-21(26(29)34)27(38-22(20)16-8-4-5-9-17(16)28)23(31)14-6-2-3-7-15(14)24(27)32/h2-12,20-22H,1H3/t20-,21-,22+/m0/s1. The molecule has 3 atom stereocenters. The molecule has 0 bridgehead atoms. The quantitative estimate of drug-likeness (QED) is 0.213. The number of hydrogen-bond donors (Lipinski definition) is 0. The molecular formula is C27H17ClN2O8. The number of nitro groups is 1. The summed E-state index contributed by atoms with van der Waals surface area (Å²) in [6.45, 7) is 0. The highest BCUT2D eigenvalue weighted by Gasteiger charge is 2.75. The Morgan fingerprint density at radius 1 is 0.947 bits per heavy atom. The van der Waals surface area contributed by atoms with Crippen molar-refractivity contribution in [3.05, 3.63) is 98.6 Å². The fourth-order valence-corrected chi connectivity index (χ4v) is 5.95. The van der Waals surface area contributed by atoms with Crippen LogP contribution in [0.4, 0.5) is 11.4 Å². The number of halogens is 1. The van der Waals surface area contributed by atoms with Gasteiger partial charge in [-0.15, -0.1) is 0 Å². The van der Waals surface area contributed by atoms with E-state index < -0.39 is 51.8 Å². The molecule has 2 fully saturated rings. The van der Waals surface area contributed by atoms with Gasteiger partial charge in [0.15, 0.2) is 0 Å². The molecule has 11 heteroatoms. The number of rotatable bonds is 4. The Bertz CT molecular complexity index is 1570. The number of ketones is 2. The molecule has 2 heterocycles. The van der Waals surface area contributed by atoms with Gasteiger partial charge in [0.05, 0.1) is 41.7 Å². The number of non-ortho nitro benzene ring substituents is 1. The molecule has 2 saturated heterocycles. The first-order valence-corrected chi connectivity index (χ1v) is 11.9. The Kier molecular flexibility index (Phi) is 5.23. The number of carbonyl (C=O) groups excluding carboxylic acids is 4. The predicted octanol–water partition coefficient (Wildman–Crippen LogP) is 3.95. The average molecular weight is 533 g/mol. The van der Waals surface area contributed by atoms with Crippen molar-refractivity contribution in [1.82, 2.24) is 0 Å². The Morgan fingerprint density at radius 3 is 2.18 bits per heavy atom. The summed E-state index contributed by atoms with van der Waals surface area (Å²) in [6.07, 6.45) is -1.19. The molecule has 0 N–H and O–H groups in total. The van der Waals surface area contributed by atoms with E-state index >= 15 is 0 Å². The normalized spacial score (nSPS) is 23.2. The lowest BCUT2D eigenvalue weighted by Crippen LogP contribution is -2.51. The summed E-state index contributed by atoms with van der Waals surface area (Å²) in [5, 5.41) is 11.5. The summed E-state index contributed by atoms with van der Waals surface area (Å²) in [4.78, 5) is 67.1.